The van der Waals surface area contributed by atoms with E-state index >= 15 is 0 Å². The van der Waals surface area contributed by atoms with E-state index in [1.54, 1.807) is 0 Å². The fourth-order valence-corrected chi connectivity index (χ4v) is 1.49. The van der Waals surface area contributed by atoms with Crippen LogP contribution in [0.1, 0.15) is 25.3 Å². The molecule has 0 aliphatic rings. The van der Waals surface area contributed by atoms with Crippen LogP contribution in [0.15, 0.2) is 16.7 Å². The number of nitrogens with one attached hydrogen (secondary N) is 1. The van der Waals surface area contributed by atoms with Crippen LogP contribution in [0.2, 0.25) is 0 Å². The highest BCUT2D eigenvalue weighted by Gasteiger charge is 1.97. The molecular formula is C12H19BrN2O. The summed E-state index contributed by atoms with van der Waals surface area (Å²) in [5.41, 5.74) is 1.19. The molecule has 0 fully saturated rings. The third kappa shape index (κ3) is 4.94. The number of anilines is 1. The van der Waals surface area contributed by atoms with E-state index in [1.807, 2.05) is 12.3 Å². The van der Waals surface area contributed by atoms with E-state index < -0.39 is 0 Å². The summed E-state index contributed by atoms with van der Waals surface area (Å²) in [4.78, 5) is 4.27. The van der Waals surface area contributed by atoms with E-state index in [0.29, 0.717) is 0 Å². The highest BCUT2D eigenvalue weighted by atomic mass is 79.9. The first kappa shape index (κ1) is 13.5. The fraction of sp³-hybridized carbons (Fsp3) is 0.583. The number of nitrogens with zero attached hydrogens (tertiary/aromatic N) is 1. The van der Waals surface area contributed by atoms with Crippen molar-refractivity contribution in [3.63, 3.8) is 0 Å². The monoisotopic (exact) mass is 286 g/mol. The van der Waals surface area contributed by atoms with Gasteiger partial charge in [-0.05, 0) is 47.3 Å². The predicted octanol–water partition coefficient (Wildman–Crippen LogP) is 3.38. The quantitative estimate of drug-likeness (QED) is 0.781. The van der Waals surface area contributed by atoms with E-state index in [4.69, 9.17) is 4.74 Å². The van der Waals surface area contributed by atoms with Gasteiger partial charge in [-0.1, -0.05) is 6.92 Å². The maximum Gasteiger partial charge on any atom is 0.126 e. The van der Waals surface area contributed by atoms with Gasteiger partial charge in [0.1, 0.15) is 5.82 Å². The van der Waals surface area contributed by atoms with Crippen LogP contribution < -0.4 is 5.32 Å². The predicted molar refractivity (Wildman–Crippen MR) is 70.9 cm³/mol. The molecule has 1 aromatic heterocycles. The second kappa shape index (κ2) is 7.63. The molecule has 3 nitrogen and oxygen atoms in total. The van der Waals surface area contributed by atoms with E-state index in [9.17, 15) is 0 Å². The van der Waals surface area contributed by atoms with Gasteiger partial charge in [0.05, 0.1) is 0 Å². The van der Waals surface area contributed by atoms with Gasteiger partial charge in [0.2, 0.25) is 0 Å². The van der Waals surface area contributed by atoms with Crippen LogP contribution in [0.5, 0.6) is 0 Å². The average Bonchev–Trinajstić information content (AvgIpc) is 2.28. The zero-order valence-corrected chi connectivity index (χ0v) is 11.5. The molecule has 0 amide bonds. The largest absolute Gasteiger partial charge is 0.381 e. The van der Waals surface area contributed by atoms with Crippen LogP contribution in [0, 0.1) is 6.92 Å². The van der Waals surface area contributed by atoms with Crippen molar-refractivity contribution in [3.05, 3.63) is 22.3 Å². The lowest BCUT2D eigenvalue weighted by atomic mass is 10.3. The van der Waals surface area contributed by atoms with Crippen molar-refractivity contribution < 1.29 is 4.74 Å². The van der Waals surface area contributed by atoms with Gasteiger partial charge in [-0.2, -0.15) is 0 Å². The smallest absolute Gasteiger partial charge is 0.126 e. The van der Waals surface area contributed by atoms with Crippen molar-refractivity contribution in [3.8, 4) is 0 Å². The van der Waals surface area contributed by atoms with Crippen LogP contribution >= 0.6 is 15.9 Å². The van der Waals surface area contributed by atoms with Gasteiger partial charge in [0.25, 0.3) is 0 Å². The normalized spacial score (nSPS) is 10.4. The molecule has 0 aliphatic carbocycles. The molecule has 0 saturated carbocycles. The number of halogens is 1. The topological polar surface area (TPSA) is 34.1 Å². The summed E-state index contributed by atoms with van der Waals surface area (Å²) >= 11 is 3.43. The van der Waals surface area contributed by atoms with Crippen molar-refractivity contribution in [2.75, 3.05) is 25.1 Å². The Hall–Kier alpha value is -0.610. The first-order chi connectivity index (χ1) is 7.74. The third-order valence-electron chi connectivity index (χ3n) is 2.17. The second-order valence-corrected chi connectivity index (χ2v) is 4.57. The number of hydrogen-bond acceptors (Lipinski definition) is 3. The van der Waals surface area contributed by atoms with Crippen LogP contribution in [-0.2, 0) is 4.74 Å². The number of ether oxygens (including phenoxy) is 1. The van der Waals surface area contributed by atoms with Crippen molar-refractivity contribution in [2.45, 2.75) is 26.7 Å². The maximum atomic E-state index is 5.40. The van der Waals surface area contributed by atoms with Crippen LogP contribution in [0.4, 0.5) is 5.82 Å². The number of pyridine rings is 1. The molecule has 90 valence electrons. The average molecular weight is 287 g/mol. The van der Waals surface area contributed by atoms with Crippen LogP contribution in [-0.4, -0.2) is 24.7 Å². The number of aryl methyl sites for hydroxylation is 1. The molecule has 0 aromatic carbocycles. The Balaban J connectivity index is 2.19. The minimum absolute atomic E-state index is 0.816. The summed E-state index contributed by atoms with van der Waals surface area (Å²) in [5, 5.41) is 3.28. The zero-order valence-electron chi connectivity index (χ0n) is 9.92. The zero-order chi connectivity index (χ0) is 11.8. The molecule has 0 atom stereocenters. The van der Waals surface area contributed by atoms with E-state index in [-0.39, 0.29) is 0 Å². The molecular weight excluding hydrogens is 268 g/mol. The molecule has 0 saturated heterocycles. The first-order valence-electron chi connectivity index (χ1n) is 5.67. The third-order valence-corrected chi connectivity index (χ3v) is 3.00. The van der Waals surface area contributed by atoms with Crippen molar-refractivity contribution >= 4 is 21.7 Å². The highest BCUT2D eigenvalue weighted by Crippen LogP contribution is 2.16. The maximum absolute atomic E-state index is 5.40. The Morgan fingerprint density at radius 3 is 2.94 bits per heavy atom. The van der Waals surface area contributed by atoms with E-state index in [2.05, 4.69) is 40.1 Å². The molecule has 0 aliphatic heterocycles. The standard InChI is InChI=1S/C12H19BrN2O/c1-3-6-16-7-4-5-14-12-8-10(2)11(13)9-15-12/h8-9H,3-7H2,1-2H3,(H,14,15). The molecule has 4 heteroatoms. The lowest BCUT2D eigenvalue weighted by Gasteiger charge is -2.07. The van der Waals surface area contributed by atoms with E-state index in [1.165, 1.54) is 5.56 Å². The Labute approximate surface area is 106 Å². The fourth-order valence-electron chi connectivity index (χ4n) is 1.27. The summed E-state index contributed by atoms with van der Waals surface area (Å²) in [6.07, 6.45) is 3.92. The number of aromatic nitrogens is 1. The van der Waals surface area contributed by atoms with Gasteiger partial charge in [-0.25, -0.2) is 4.98 Å². The van der Waals surface area contributed by atoms with Gasteiger partial charge in [-0.3, -0.25) is 0 Å². The molecule has 0 bridgehead atoms. The van der Waals surface area contributed by atoms with Gasteiger partial charge < -0.3 is 10.1 Å². The Morgan fingerprint density at radius 2 is 2.25 bits per heavy atom. The summed E-state index contributed by atoms with van der Waals surface area (Å²) in [5.74, 6) is 0.927. The summed E-state index contributed by atoms with van der Waals surface area (Å²) < 4.78 is 6.44. The minimum atomic E-state index is 0.816. The molecule has 1 rings (SSSR count). The molecule has 0 unspecified atom stereocenters. The SMILES string of the molecule is CCCOCCCNc1cc(C)c(Br)cn1. The minimum Gasteiger partial charge on any atom is -0.381 e. The summed E-state index contributed by atoms with van der Waals surface area (Å²) in [7, 11) is 0. The Morgan fingerprint density at radius 1 is 1.44 bits per heavy atom. The van der Waals surface area contributed by atoms with Gasteiger partial charge >= 0.3 is 0 Å². The first-order valence-corrected chi connectivity index (χ1v) is 6.47. The summed E-state index contributed by atoms with van der Waals surface area (Å²) in [6.45, 7) is 6.75. The van der Waals surface area contributed by atoms with Crippen molar-refractivity contribution in [2.24, 2.45) is 0 Å². The van der Waals surface area contributed by atoms with Crippen molar-refractivity contribution in [1.82, 2.24) is 4.98 Å². The van der Waals surface area contributed by atoms with Crippen LogP contribution in [0.25, 0.3) is 0 Å². The van der Waals surface area contributed by atoms with E-state index in [0.717, 1.165) is 42.9 Å². The van der Waals surface area contributed by atoms with Crippen molar-refractivity contribution in [1.29, 1.82) is 0 Å². The molecule has 1 N–H and O–H groups in total. The van der Waals surface area contributed by atoms with Gasteiger partial charge in [-0.15, -0.1) is 0 Å². The lowest BCUT2D eigenvalue weighted by Crippen LogP contribution is -2.07. The van der Waals surface area contributed by atoms with Crippen LogP contribution in [0.3, 0.4) is 0 Å². The molecule has 0 spiro atoms. The number of rotatable bonds is 7. The molecule has 16 heavy (non-hydrogen) atoms. The molecule has 1 heterocycles. The second-order valence-electron chi connectivity index (χ2n) is 3.71. The number of hydrogen-bond donors (Lipinski definition) is 1. The van der Waals surface area contributed by atoms with Gasteiger partial charge in [0.15, 0.2) is 0 Å². The summed E-state index contributed by atoms with van der Waals surface area (Å²) in [6, 6.07) is 2.04. The lowest BCUT2D eigenvalue weighted by molar-refractivity contribution is 0.134. The Kier molecular flexibility index (Phi) is 6.42. The van der Waals surface area contributed by atoms with Gasteiger partial charge in [0, 0.05) is 30.4 Å². The Bertz CT molecular complexity index is 318. The molecule has 1 aromatic rings. The molecule has 0 radical (unpaired) electrons. The highest BCUT2D eigenvalue weighted by molar-refractivity contribution is 9.10.